The van der Waals surface area contributed by atoms with Crippen LogP contribution in [-0.4, -0.2) is 5.78 Å². The minimum atomic E-state index is -0.0451. The third-order valence-corrected chi connectivity index (χ3v) is 5.41. The summed E-state index contributed by atoms with van der Waals surface area (Å²) in [6, 6.07) is 2.16. The third-order valence-electron chi connectivity index (χ3n) is 5.41. The van der Waals surface area contributed by atoms with Gasteiger partial charge in [0.25, 0.3) is 0 Å². The van der Waals surface area contributed by atoms with Crippen molar-refractivity contribution < 1.29 is 4.79 Å². The van der Waals surface area contributed by atoms with Gasteiger partial charge in [-0.25, -0.2) is 0 Å². The summed E-state index contributed by atoms with van der Waals surface area (Å²) in [5.74, 6) is 2.83. The maximum Gasteiger partial charge on any atom is 0.142 e. The van der Waals surface area contributed by atoms with Crippen LogP contribution in [0.3, 0.4) is 0 Å². The smallest absolute Gasteiger partial charge is 0.142 e. The molecule has 2 heteroatoms. The highest BCUT2D eigenvalue weighted by molar-refractivity contribution is 5.87. The van der Waals surface area contributed by atoms with Crippen molar-refractivity contribution in [3.8, 4) is 6.07 Å². The SMILES string of the molecule is CC(CC#N)C(=O)C12CC3CC(CC(C3)C1)C2. The summed E-state index contributed by atoms with van der Waals surface area (Å²) >= 11 is 0. The van der Waals surface area contributed by atoms with Crippen LogP contribution in [0.15, 0.2) is 0 Å². The second kappa shape index (κ2) is 3.83. The molecule has 0 heterocycles. The first kappa shape index (κ1) is 11.3. The van der Waals surface area contributed by atoms with Gasteiger partial charge in [0.15, 0.2) is 0 Å². The van der Waals surface area contributed by atoms with Gasteiger partial charge in [0.1, 0.15) is 5.78 Å². The Kier molecular flexibility index (Phi) is 2.54. The fraction of sp³-hybridized carbons (Fsp3) is 0.867. The van der Waals surface area contributed by atoms with E-state index in [0.29, 0.717) is 12.2 Å². The fourth-order valence-corrected chi connectivity index (χ4v) is 5.16. The maximum atomic E-state index is 12.6. The molecule has 0 aromatic rings. The van der Waals surface area contributed by atoms with E-state index in [2.05, 4.69) is 6.07 Å². The molecule has 4 fully saturated rings. The monoisotopic (exact) mass is 231 g/mol. The predicted octanol–water partition coefficient (Wildman–Crippen LogP) is 3.32. The molecule has 4 aliphatic carbocycles. The zero-order valence-electron chi connectivity index (χ0n) is 10.6. The van der Waals surface area contributed by atoms with Gasteiger partial charge < -0.3 is 0 Å². The number of nitrogens with zero attached hydrogens (tertiary/aromatic N) is 1. The topological polar surface area (TPSA) is 40.9 Å². The molecule has 0 saturated heterocycles. The van der Waals surface area contributed by atoms with Crippen molar-refractivity contribution in [1.29, 1.82) is 5.26 Å². The van der Waals surface area contributed by atoms with Crippen LogP contribution in [-0.2, 0) is 4.79 Å². The molecule has 4 aliphatic rings. The maximum absolute atomic E-state index is 12.6. The molecule has 0 aliphatic heterocycles. The Morgan fingerprint density at radius 3 is 2.12 bits per heavy atom. The number of carbonyl (C=O) groups excluding carboxylic acids is 1. The largest absolute Gasteiger partial charge is 0.299 e. The van der Waals surface area contributed by atoms with Gasteiger partial charge in [-0.05, 0) is 56.3 Å². The average molecular weight is 231 g/mol. The van der Waals surface area contributed by atoms with E-state index < -0.39 is 0 Å². The van der Waals surface area contributed by atoms with Crippen molar-refractivity contribution in [1.82, 2.24) is 0 Å². The number of hydrogen-bond acceptors (Lipinski definition) is 2. The van der Waals surface area contributed by atoms with E-state index in [9.17, 15) is 4.79 Å². The average Bonchev–Trinajstić information content (AvgIpc) is 2.26. The molecule has 0 aromatic carbocycles. The molecule has 1 atom stereocenters. The zero-order chi connectivity index (χ0) is 12.0. The van der Waals surface area contributed by atoms with Gasteiger partial charge in [-0.3, -0.25) is 4.79 Å². The van der Waals surface area contributed by atoms with Gasteiger partial charge in [-0.2, -0.15) is 5.26 Å². The lowest BCUT2D eigenvalue weighted by molar-refractivity contribution is -0.147. The van der Waals surface area contributed by atoms with E-state index in [0.717, 1.165) is 37.0 Å². The molecule has 4 bridgehead atoms. The zero-order valence-corrected chi connectivity index (χ0v) is 10.6. The third kappa shape index (κ3) is 1.71. The van der Waals surface area contributed by atoms with Gasteiger partial charge in [0.2, 0.25) is 0 Å². The van der Waals surface area contributed by atoms with Crippen LogP contribution in [0.25, 0.3) is 0 Å². The van der Waals surface area contributed by atoms with Crippen LogP contribution in [0.5, 0.6) is 0 Å². The number of carbonyl (C=O) groups is 1. The summed E-state index contributed by atoms with van der Waals surface area (Å²) in [6.07, 6.45) is 7.92. The lowest BCUT2D eigenvalue weighted by Crippen LogP contribution is -2.51. The molecule has 17 heavy (non-hydrogen) atoms. The van der Waals surface area contributed by atoms with Gasteiger partial charge in [0.05, 0.1) is 6.07 Å². The van der Waals surface area contributed by atoms with Gasteiger partial charge >= 0.3 is 0 Å². The van der Waals surface area contributed by atoms with Crippen LogP contribution >= 0.6 is 0 Å². The number of rotatable bonds is 3. The van der Waals surface area contributed by atoms with Crippen LogP contribution in [0.1, 0.15) is 51.9 Å². The fourth-order valence-electron chi connectivity index (χ4n) is 5.16. The normalized spacial score (nSPS) is 44.4. The summed E-state index contributed by atoms with van der Waals surface area (Å²) < 4.78 is 0. The molecule has 0 spiro atoms. The highest BCUT2D eigenvalue weighted by Gasteiger charge is 2.54. The van der Waals surface area contributed by atoms with E-state index in [-0.39, 0.29) is 11.3 Å². The molecule has 4 rings (SSSR count). The van der Waals surface area contributed by atoms with Crippen molar-refractivity contribution in [3.63, 3.8) is 0 Å². The first-order valence-electron chi connectivity index (χ1n) is 7.04. The molecular formula is C15H21NO. The highest BCUT2D eigenvalue weighted by atomic mass is 16.1. The molecule has 0 aromatic heterocycles. The van der Waals surface area contributed by atoms with Crippen molar-refractivity contribution in [3.05, 3.63) is 0 Å². The summed E-state index contributed by atoms with van der Waals surface area (Å²) in [6.45, 7) is 1.95. The summed E-state index contributed by atoms with van der Waals surface area (Å²) in [5, 5.41) is 8.77. The molecule has 2 nitrogen and oxygen atoms in total. The number of ketones is 1. The van der Waals surface area contributed by atoms with E-state index in [1.165, 1.54) is 19.3 Å². The Labute approximate surface area is 103 Å². The van der Waals surface area contributed by atoms with E-state index in [1.807, 2.05) is 6.92 Å². The Bertz CT molecular complexity index is 344. The molecule has 0 N–H and O–H groups in total. The standard InChI is InChI=1S/C15H21NO/c1-10(2-3-16)14(17)15-7-11-4-12(8-15)6-13(5-11)9-15/h10-13H,2,4-9H2,1H3. The van der Waals surface area contributed by atoms with Crippen molar-refractivity contribution >= 4 is 5.78 Å². The minimum Gasteiger partial charge on any atom is -0.299 e. The number of nitriles is 1. The Morgan fingerprint density at radius 2 is 1.71 bits per heavy atom. The quantitative estimate of drug-likeness (QED) is 0.747. The van der Waals surface area contributed by atoms with Crippen molar-refractivity contribution in [2.75, 3.05) is 0 Å². The Morgan fingerprint density at radius 1 is 1.24 bits per heavy atom. The summed E-state index contributed by atoms with van der Waals surface area (Å²) in [7, 11) is 0. The second-order valence-electron chi connectivity index (χ2n) is 6.83. The van der Waals surface area contributed by atoms with Crippen LogP contribution in [0, 0.1) is 40.4 Å². The second-order valence-corrected chi connectivity index (χ2v) is 6.83. The first-order chi connectivity index (χ1) is 8.13. The Balaban J connectivity index is 1.82. The minimum absolute atomic E-state index is 0.00891. The van der Waals surface area contributed by atoms with Gasteiger partial charge in [0, 0.05) is 17.8 Å². The lowest BCUT2D eigenvalue weighted by atomic mass is 9.47. The van der Waals surface area contributed by atoms with Crippen LogP contribution < -0.4 is 0 Å². The van der Waals surface area contributed by atoms with E-state index in [4.69, 9.17) is 5.26 Å². The van der Waals surface area contributed by atoms with Gasteiger partial charge in [-0.15, -0.1) is 0 Å². The first-order valence-corrected chi connectivity index (χ1v) is 7.04. The molecule has 4 saturated carbocycles. The van der Waals surface area contributed by atoms with Gasteiger partial charge in [-0.1, -0.05) is 6.92 Å². The van der Waals surface area contributed by atoms with E-state index in [1.54, 1.807) is 0 Å². The lowest BCUT2D eigenvalue weighted by Gasteiger charge is -2.56. The molecule has 1 unspecified atom stereocenters. The van der Waals surface area contributed by atoms with Crippen molar-refractivity contribution in [2.45, 2.75) is 51.9 Å². The van der Waals surface area contributed by atoms with E-state index >= 15 is 0 Å². The summed E-state index contributed by atoms with van der Waals surface area (Å²) in [5.41, 5.74) is -0.00891. The van der Waals surface area contributed by atoms with Crippen molar-refractivity contribution in [2.24, 2.45) is 29.1 Å². The van der Waals surface area contributed by atoms with Crippen LogP contribution in [0.4, 0.5) is 0 Å². The molecule has 0 radical (unpaired) electrons. The van der Waals surface area contributed by atoms with Crippen LogP contribution in [0.2, 0.25) is 0 Å². The Hall–Kier alpha value is -0.840. The molecule has 0 amide bonds. The molecule has 92 valence electrons. The number of Topliss-reactive ketones (excluding diaryl/α,β-unsaturated/α-hetero) is 1. The summed E-state index contributed by atoms with van der Waals surface area (Å²) in [4.78, 5) is 12.6. The predicted molar refractivity (Wildman–Crippen MR) is 65.0 cm³/mol. The molecular weight excluding hydrogens is 210 g/mol. The highest BCUT2D eigenvalue weighted by Crippen LogP contribution is 2.60. The number of hydrogen-bond donors (Lipinski definition) is 0.